The molecule has 1 nitrogen and oxygen atoms in total. The van der Waals surface area contributed by atoms with Gasteiger partial charge in [-0.15, -0.1) is 0 Å². The van der Waals surface area contributed by atoms with Crippen molar-refractivity contribution in [2.24, 2.45) is 0 Å². The number of unbranched alkanes of at least 4 members (excludes halogenated alkanes) is 3. The molecule has 16 heavy (non-hydrogen) atoms. The van der Waals surface area contributed by atoms with Crippen molar-refractivity contribution in [2.75, 3.05) is 0 Å². The van der Waals surface area contributed by atoms with Crippen molar-refractivity contribution in [1.82, 2.24) is 0 Å². The molecule has 1 N–H and O–H groups in total. The summed E-state index contributed by atoms with van der Waals surface area (Å²) in [5.74, 6) is 0. The van der Waals surface area contributed by atoms with Crippen LogP contribution in [0, 0.1) is 0 Å². The van der Waals surface area contributed by atoms with E-state index in [0.717, 1.165) is 25.7 Å². The van der Waals surface area contributed by atoms with E-state index in [2.05, 4.69) is 0 Å². The molecular weight excluding hydrogens is 243 g/mol. The van der Waals surface area contributed by atoms with Crippen molar-refractivity contribution >= 4 is 6.98 Å². The first kappa shape index (κ1) is 19.5. The third-order valence-corrected chi connectivity index (χ3v) is 2.21. The zero-order valence-electron chi connectivity index (χ0n) is 10.1. The van der Waals surface area contributed by atoms with Gasteiger partial charge in [-0.05, 0) is 19.3 Å². The van der Waals surface area contributed by atoms with Gasteiger partial charge in [0.25, 0.3) is 0 Å². The number of aliphatic hydroxyl groups is 1. The minimum absolute atomic E-state index is 0. The maximum Gasteiger partial charge on any atom is 1.00 e. The zero-order valence-corrected chi connectivity index (χ0v) is 13.3. The molecule has 0 bridgehead atoms. The molecule has 0 aliphatic heterocycles. The van der Waals surface area contributed by atoms with Crippen LogP contribution in [0.2, 0.25) is 0 Å². The number of hydrogen-bond acceptors (Lipinski definition) is 1. The first-order valence-corrected chi connectivity index (χ1v) is 5.51. The second-order valence-electron chi connectivity index (χ2n) is 3.71. The molecule has 0 aromatic carbocycles. The van der Waals surface area contributed by atoms with E-state index in [1.807, 2.05) is 19.1 Å². The van der Waals surface area contributed by atoms with Crippen LogP contribution in [0.1, 0.15) is 45.4 Å². The van der Waals surface area contributed by atoms with Gasteiger partial charge in [0.05, 0.1) is 0 Å². The van der Waals surface area contributed by atoms with E-state index in [9.17, 15) is 12.9 Å². The van der Waals surface area contributed by atoms with Crippen molar-refractivity contribution in [1.29, 1.82) is 0 Å². The summed E-state index contributed by atoms with van der Waals surface area (Å²) in [4.78, 5) is 0. The summed E-state index contributed by atoms with van der Waals surface area (Å²) in [6.07, 6.45) is 7.95. The summed E-state index contributed by atoms with van der Waals surface area (Å²) < 4.78 is 35.8. The van der Waals surface area contributed by atoms with Crippen LogP contribution >= 0.6 is 0 Å². The standard InChI is InChI=1S/C10H19BF3O.K/c1-2-3-4-5-6-7-8-9-10(15)11(12,13)14;/h3-4,10,15H,2,5-9H2,1H3;/q-1;+1/b4-3-;. The third kappa shape index (κ3) is 11.7. The number of aliphatic hydroxyl groups excluding tert-OH is 1. The average molecular weight is 262 g/mol. The van der Waals surface area contributed by atoms with E-state index in [4.69, 9.17) is 5.11 Å². The topological polar surface area (TPSA) is 20.2 Å². The van der Waals surface area contributed by atoms with Crippen LogP contribution in [0.25, 0.3) is 0 Å². The Bertz CT molecular complexity index is 185. The van der Waals surface area contributed by atoms with E-state index in [1.54, 1.807) is 0 Å². The van der Waals surface area contributed by atoms with Crippen molar-refractivity contribution in [2.45, 2.75) is 51.5 Å². The first-order chi connectivity index (χ1) is 6.98. The molecule has 0 aliphatic rings. The summed E-state index contributed by atoms with van der Waals surface area (Å²) >= 11 is 0. The van der Waals surface area contributed by atoms with Crippen LogP contribution in [-0.2, 0) is 0 Å². The maximum absolute atomic E-state index is 11.9. The fourth-order valence-electron chi connectivity index (χ4n) is 1.27. The SMILES string of the molecule is CC/C=C\CCCCCC(O)[B-](F)(F)F.[K+]. The summed E-state index contributed by atoms with van der Waals surface area (Å²) in [6, 6.07) is -2.09. The van der Waals surface area contributed by atoms with Crippen LogP contribution in [0.3, 0.4) is 0 Å². The number of hydrogen-bond donors (Lipinski definition) is 1. The van der Waals surface area contributed by atoms with Gasteiger partial charge in [0.1, 0.15) is 0 Å². The largest absolute Gasteiger partial charge is 1.00 e. The molecule has 1 atom stereocenters. The van der Waals surface area contributed by atoms with E-state index in [0.29, 0.717) is 6.42 Å². The van der Waals surface area contributed by atoms with E-state index >= 15 is 0 Å². The maximum atomic E-state index is 11.9. The van der Waals surface area contributed by atoms with Crippen molar-refractivity contribution in [3.05, 3.63) is 12.2 Å². The van der Waals surface area contributed by atoms with Gasteiger partial charge in [0, 0.05) is 6.00 Å². The number of allylic oxidation sites excluding steroid dienone is 2. The molecule has 6 heteroatoms. The molecule has 90 valence electrons. The summed E-state index contributed by atoms with van der Waals surface area (Å²) in [5, 5.41) is 8.72. The second-order valence-corrected chi connectivity index (χ2v) is 3.71. The number of halogens is 3. The molecule has 0 fully saturated rings. The van der Waals surface area contributed by atoms with Crippen LogP contribution in [0.4, 0.5) is 12.9 Å². The Balaban J connectivity index is 0. The fourth-order valence-corrected chi connectivity index (χ4v) is 1.27. The molecule has 0 aromatic heterocycles. The molecule has 0 aliphatic carbocycles. The molecule has 0 saturated carbocycles. The molecular formula is C10H19BF3KO. The van der Waals surface area contributed by atoms with E-state index in [1.165, 1.54) is 0 Å². The van der Waals surface area contributed by atoms with Gasteiger partial charge in [-0.2, -0.15) is 0 Å². The van der Waals surface area contributed by atoms with Crippen LogP contribution in [0.15, 0.2) is 12.2 Å². The van der Waals surface area contributed by atoms with E-state index < -0.39 is 13.0 Å². The minimum Gasteiger partial charge on any atom is -0.447 e. The van der Waals surface area contributed by atoms with Crippen LogP contribution in [-0.4, -0.2) is 18.1 Å². The quantitative estimate of drug-likeness (QED) is 0.387. The van der Waals surface area contributed by atoms with Gasteiger partial charge in [-0.25, -0.2) is 0 Å². The van der Waals surface area contributed by atoms with Gasteiger partial charge in [-0.3, -0.25) is 0 Å². The van der Waals surface area contributed by atoms with Gasteiger partial charge in [0.15, 0.2) is 0 Å². The van der Waals surface area contributed by atoms with Gasteiger partial charge in [0.2, 0.25) is 0 Å². The molecule has 0 aromatic rings. The molecule has 1 unspecified atom stereocenters. The molecule has 0 spiro atoms. The smallest absolute Gasteiger partial charge is 0.447 e. The summed E-state index contributed by atoms with van der Waals surface area (Å²) in [6.45, 7) is -3.02. The normalized spacial score (nSPS) is 13.8. The summed E-state index contributed by atoms with van der Waals surface area (Å²) in [5.41, 5.74) is 0. The fraction of sp³-hybridized carbons (Fsp3) is 0.800. The third-order valence-electron chi connectivity index (χ3n) is 2.21. The Morgan fingerprint density at radius 1 is 1.12 bits per heavy atom. The van der Waals surface area contributed by atoms with Crippen molar-refractivity contribution in [3.8, 4) is 0 Å². The molecule has 0 saturated heterocycles. The first-order valence-electron chi connectivity index (χ1n) is 5.51. The predicted octanol–water partition coefficient (Wildman–Crippen LogP) is 0.655. The Labute approximate surface area is 138 Å². The van der Waals surface area contributed by atoms with Gasteiger partial charge >= 0.3 is 58.4 Å². The average Bonchev–Trinajstić information content (AvgIpc) is 2.14. The minimum atomic E-state index is -5.06. The van der Waals surface area contributed by atoms with Gasteiger partial charge in [-0.1, -0.05) is 38.3 Å². The zero-order chi connectivity index (χ0) is 11.7. The Hall–Kier alpha value is 1.19. The number of rotatable bonds is 8. The molecule has 0 rings (SSSR count). The van der Waals surface area contributed by atoms with Crippen molar-refractivity contribution in [3.63, 3.8) is 0 Å². The Morgan fingerprint density at radius 3 is 2.25 bits per heavy atom. The van der Waals surface area contributed by atoms with Crippen LogP contribution < -0.4 is 51.4 Å². The molecule has 0 heterocycles. The Morgan fingerprint density at radius 2 is 1.75 bits per heavy atom. The molecule has 0 amide bonds. The Kier molecular flexibility index (Phi) is 13.8. The van der Waals surface area contributed by atoms with Crippen molar-refractivity contribution < 1.29 is 69.4 Å². The predicted molar refractivity (Wildman–Crippen MR) is 57.6 cm³/mol. The van der Waals surface area contributed by atoms with Gasteiger partial charge < -0.3 is 18.1 Å². The summed E-state index contributed by atoms with van der Waals surface area (Å²) in [7, 11) is 0. The van der Waals surface area contributed by atoms with E-state index in [-0.39, 0.29) is 57.8 Å². The monoisotopic (exact) mass is 262 g/mol. The van der Waals surface area contributed by atoms with Crippen LogP contribution in [0.5, 0.6) is 0 Å². The second kappa shape index (κ2) is 11.3. The molecule has 0 radical (unpaired) electrons.